The maximum atomic E-state index is 5.21. The van der Waals surface area contributed by atoms with Gasteiger partial charge < -0.3 is 4.57 Å². The predicted octanol–water partition coefficient (Wildman–Crippen LogP) is 14.9. The Morgan fingerprint density at radius 3 is 1.41 bits per heavy atom. The molecule has 0 saturated heterocycles. The summed E-state index contributed by atoms with van der Waals surface area (Å²) in [6.07, 6.45) is 0. The fourth-order valence-electron chi connectivity index (χ4n) is 9.15. The maximum absolute atomic E-state index is 5.21. The third kappa shape index (κ3) is 5.44. The van der Waals surface area contributed by atoms with Gasteiger partial charge in [0, 0.05) is 38.5 Å². The van der Waals surface area contributed by atoms with Crippen LogP contribution in [0.25, 0.3) is 116 Å². The smallest absolute Gasteiger partial charge is 0.160 e. The minimum atomic E-state index is 0.700. The second kappa shape index (κ2) is 13.4. The van der Waals surface area contributed by atoms with Crippen LogP contribution in [0.4, 0.5) is 0 Å². The Balaban J connectivity index is 1.05. The first-order valence-electron chi connectivity index (χ1n) is 20.2. The molecule has 0 saturated carbocycles. The van der Waals surface area contributed by atoms with Gasteiger partial charge in [0.1, 0.15) is 0 Å². The molecule has 0 radical (unpaired) electrons. The van der Waals surface area contributed by atoms with E-state index in [1.165, 1.54) is 70.5 Å². The Morgan fingerprint density at radius 1 is 0.288 bits per heavy atom. The van der Waals surface area contributed by atoms with Gasteiger partial charge in [0.25, 0.3) is 0 Å². The highest BCUT2D eigenvalue weighted by atomic mass is 15.0. The monoisotopic (exact) mass is 749 g/mol. The Kier molecular flexibility index (Phi) is 7.54. The van der Waals surface area contributed by atoms with E-state index in [0.717, 1.165) is 39.3 Å². The molecule has 274 valence electrons. The first-order chi connectivity index (χ1) is 29.2. The van der Waals surface area contributed by atoms with Crippen LogP contribution in [0.2, 0.25) is 0 Å². The second-order valence-corrected chi connectivity index (χ2v) is 15.3. The van der Waals surface area contributed by atoms with E-state index in [4.69, 9.17) is 9.97 Å². The molecule has 10 aromatic carbocycles. The van der Waals surface area contributed by atoms with Gasteiger partial charge in [0.2, 0.25) is 0 Å². The molecule has 0 bridgehead atoms. The molecule has 0 spiro atoms. The summed E-state index contributed by atoms with van der Waals surface area (Å²) in [5.74, 6) is 0.700. The molecular formula is C56H35N3. The van der Waals surface area contributed by atoms with E-state index in [2.05, 4.69) is 205 Å². The molecular weight excluding hydrogens is 715 g/mol. The summed E-state index contributed by atoms with van der Waals surface area (Å²) in [4.78, 5) is 10.3. The van der Waals surface area contributed by atoms with E-state index in [-0.39, 0.29) is 0 Å². The van der Waals surface area contributed by atoms with Crippen molar-refractivity contribution < 1.29 is 0 Å². The van der Waals surface area contributed by atoms with Crippen LogP contribution in [-0.2, 0) is 0 Å². The molecule has 2 heterocycles. The summed E-state index contributed by atoms with van der Waals surface area (Å²) in [7, 11) is 0. The van der Waals surface area contributed by atoms with Crippen molar-refractivity contribution in [3.63, 3.8) is 0 Å². The summed E-state index contributed by atoms with van der Waals surface area (Å²) in [5.41, 5.74) is 10.7. The van der Waals surface area contributed by atoms with Gasteiger partial charge in [-0.2, -0.15) is 0 Å². The summed E-state index contributed by atoms with van der Waals surface area (Å²) in [5, 5.41) is 12.6. The summed E-state index contributed by atoms with van der Waals surface area (Å²) in [6, 6.07) is 76.3. The highest BCUT2D eigenvalue weighted by molar-refractivity contribution is 6.29. The van der Waals surface area contributed by atoms with Gasteiger partial charge in [-0.05, 0) is 79.2 Å². The molecule has 0 amide bonds. The number of hydrogen-bond donors (Lipinski definition) is 0. The molecule has 3 nitrogen and oxygen atoms in total. The lowest BCUT2D eigenvalue weighted by molar-refractivity contribution is 1.17. The van der Waals surface area contributed by atoms with Gasteiger partial charge in [0.15, 0.2) is 5.82 Å². The maximum Gasteiger partial charge on any atom is 0.160 e. The Morgan fingerprint density at radius 2 is 0.763 bits per heavy atom. The quantitative estimate of drug-likeness (QED) is 0.164. The normalized spacial score (nSPS) is 11.7. The van der Waals surface area contributed by atoms with Crippen LogP contribution in [0, 0.1) is 0 Å². The van der Waals surface area contributed by atoms with Crippen molar-refractivity contribution >= 4 is 64.9 Å². The van der Waals surface area contributed by atoms with E-state index in [0.29, 0.717) is 5.82 Å². The highest BCUT2D eigenvalue weighted by Gasteiger charge is 2.19. The molecule has 0 aliphatic heterocycles. The predicted molar refractivity (Wildman–Crippen MR) is 248 cm³/mol. The molecule has 0 N–H and O–H groups in total. The average Bonchev–Trinajstić information content (AvgIpc) is 3.65. The molecule has 2 aromatic heterocycles. The fourth-order valence-corrected chi connectivity index (χ4v) is 9.15. The van der Waals surface area contributed by atoms with E-state index >= 15 is 0 Å². The third-order valence-electron chi connectivity index (χ3n) is 12.0. The van der Waals surface area contributed by atoms with Gasteiger partial charge in [-0.15, -0.1) is 0 Å². The number of benzene rings is 10. The van der Waals surface area contributed by atoms with E-state index < -0.39 is 0 Å². The molecule has 0 fully saturated rings. The van der Waals surface area contributed by atoms with Gasteiger partial charge in [-0.1, -0.05) is 182 Å². The van der Waals surface area contributed by atoms with Crippen LogP contribution < -0.4 is 0 Å². The van der Waals surface area contributed by atoms with Crippen LogP contribution in [0.15, 0.2) is 212 Å². The van der Waals surface area contributed by atoms with Gasteiger partial charge >= 0.3 is 0 Å². The average molecular weight is 750 g/mol. The number of hydrogen-bond acceptors (Lipinski definition) is 2. The SMILES string of the molecule is c1ccc(-c2ccc(-c3nc(-c4ccccc4)cc(-c4ccc(-n5c6cc7c8ccccc8c8ccccc8c7cc6c6ccc7ccccc7c65)cc4)n3)cc2)cc1. The van der Waals surface area contributed by atoms with Crippen LogP contribution in [0.1, 0.15) is 0 Å². The lowest BCUT2D eigenvalue weighted by Crippen LogP contribution is -1.97. The van der Waals surface area contributed by atoms with Gasteiger partial charge in [-0.25, -0.2) is 9.97 Å². The van der Waals surface area contributed by atoms with Crippen molar-refractivity contribution in [1.82, 2.24) is 14.5 Å². The summed E-state index contributed by atoms with van der Waals surface area (Å²) >= 11 is 0. The van der Waals surface area contributed by atoms with Crippen LogP contribution >= 0.6 is 0 Å². The van der Waals surface area contributed by atoms with Crippen molar-refractivity contribution in [2.24, 2.45) is 0 Å². The van der Waals surface area contributed by atoms with Crippen LogP contribution in [-0.4, -0.2) is 14.5 Å². The zero-order valence-electron chi connectivity index (χ0n) is 32.0. The number of fused-ring (bicyclic) bond motifs is 11. The minimum absolute atomic E-state index is 0.700. The molecule has 0 aliphatic carbocycles. The number of rotatable bonds is 5. The van der Waals surface area contributed by atoms with Crippen LogP contribution in [0.5, 0.6) is 0 Å². The summed E-state index contributed by atoms with van der Waals surface area (Å²) < 4.78 is 2.47. The van der Waals surface area contributed by atoms with Gasteiger partial charge in [-0.3, -0.25) is 0 Å². The van der Waals surface area contributed by atoms with Crippen molar-refractivity contribution in [2.45, 2.75) is 0 Å². The standard InChI is InChI=1S/C56H35N3/c1-3-13-36(14-4-1)37-23-25-41(26-24-37)56-57-52(39-16-5-2-6-17-39)35-53(58-56)40-27-30-42(31-28-40)59-54-34-50-47-22-12-10-20-45(47)44-19-9-11-21-46(44)49(50)33-51(54)48-32-29-38-15-7-8-18-43(38)55(48)59/h1-35H. The van der Waals surface area contributed by atoms with Crippen molar-refractivity contribution in [2.75, 3.05) is 0 Å². The fraction of sp³-hybridized carbons (Fsp3) is 0. The summed E-state index contributed by atoms with van der Waals surface area (Å²) in [6.45, 7) is 0. The lowest BCUT2D eigenvalue weighted by Gasteiger charge is -2.14. The zero-order valence-corrected chi connectivity index (χ0v) is 32.0. The van der Waals surface area contributed by atoms with E-state index in [9.17, 15) is 0 Å². The number of aromatic nitrogens is 3. The molecule has 59 heavy (non-hydrogen) atoms. The zero-order chi connectivity index (χ0) is 38.9. The van der Waals surface area contributed by atoms with Crippen molar-refractivity contribution in [3.8, 4) is 50.7 Å². The molecule has 0 unspecified atom stereocenters. The van der Waals surface area contributed by atoms with E-state index in [1.54, 1.807) is 0 Å². The van der Waals surface area contributed by atoms with Gasteiger partial charge in [0.05, 0.1) is 22.4 Å². The first-order valence-corrected chi connectivity index (χ1v) is 20.2. The Bertz CT molecular complexity index is 3570. The molecule has 0 atom stereocenters. The Hall–Kier alpha value is -7.88. The largest absolute Gasteiger partial charge is 0.309 e. The van der Waals surface area contributed by atoms with Crippen molar-refractivity contribution in [1.29, 1.82) is 0 Å². The topological polar surface area (TPSA) is 30.7 Å². The lowest BCUT2D eigenvalue weighted by atomic mass is 9.93. The highest BCUT2D eigenvalue weighted by Crippen LogP contribution is 2.43. The van der Waals surface area contributed by atoms with Crippen LogP contribution in [0.3, 0.4) is 0 Å². The second-order valence-electron chi connectivity index (χ2n) is 15.3. The third-order valence-corrected chi connectivity index (χ3v) is 12.0. The minimum Gasteiger partial charge on any atom is -0.309 e. The van der Waals surface area contributed by atoms with Crippen molar-refractivity contribution in [3.05, 3.63) is 212 Å². The molecule has 0 aliphatic rings. The molecule has 12 rings (SSSR count). The number of nitrogens with zero attached hydrogens (tertiary/aromatic N) is 3. The first kappa shape index (κ1) is 33.3. The molecule has 3 heteroatoms. The van der Waals surface area contributed by atoms with E-state index in [1.807, 2.05) is 12.1 Å². The Labute approximate surface area is 341 Å². The molecule has 12 aromatic rings.